The van der Waals surface area contributed by atoms with Crippen LogP contribution < -0.4 is 14.8 Å². The highest BCUT2D eigenvalue weighted by atomic mass is 32.1. The number of alkyl halides is 3. The van der Waals surface area contributed by atoms with E-state index in [0.29, 0.717) is 29.2 Å². The summed E-state index contributed by atoms with van der Waals surface area (Å²) in [6, 6.07) is 11.3. The van der Waals surface area contributed by atoms with Gasteiger partial charge in [-0.25, -0.2) is 0 Å². The van der Waals surface area contributed by atoms with E-state index in [1.54, 1.807) is 23.7 Å². The Balaban J connectivity index is 1.43. The maximum absolute atomic E-state index is 12.4. The monoisotopic (exact) mass is 420 g/mol. The first-order valence-electron chi connectivity index (χ1n) is 8.70. The Bertz CT molecular complexity index is 1020. The third-order valence-corrected chi connectivity index (χ3v) is 5.12. The molecule has 0 radical (unpaired) electrons. The van der Waals surface area contributed by atoms with Crippen molar-refractivity contribution in [3.63, 3.8) is 0 Å². The summed E-state index contributed by atoms with van der Waals surface area (Å²) in [7, 11) is 0. The minimum atomic E-state index is -4.73. The molecule has 0 bridgehead atoms. The van der Waals surface area contributed by atoms with Gasteiger partial charge in [0.1, 0.15) is 22.5 Å². The van der Waals surface area contributed by atoms with Crippen LogP contribution in [0.25, 0.3) is 11.1 Å². The third-order valence-electron chi connectivity index (χ3n) is 4.35. The van der Waals surface area contributed by atoms with E-state index in [-0.39, 0.29) is 17.8 Å². The van der Waals surface area contributed by atoms with Gasteiger partial charge >= 0.3 is 6.36 Å². The fourth-order valence-electron chi connectivity index (χ4n) is 3.11. The number of halogens is 3. The number of nitrogens with zero attached hydrogens (tertiary/aromatic N) is 1. The summed E-state index contributed by atoms with van der Waals surface area (Å²) < 4.78 is 47.2. The lowest BCUT2D eigenvalue weighted by molar-refractivity contribution is -0.274. The highest BCUT2D eigenvalue weighted by molar-refractivity contribution is 7.11. The molecule has 1 unspecified atom stereocenters. The van der Waals surface area contributed by atoms with E-state index < -0.39 is 6.36 Å². The van der Waals surface area contributed by atoms with Crippen molar-refractivity contribution < 1.29 is 27.4 Å². The average Bonchev–Trinajstić information content (AvgIpc) is 3.34. The van der Waals surface area contributed by atoms with Gasteiger partial charge in [0.25, 0.3) is 5.91 Å². The van der Waals surface area contributed by atoms with Gasteiger partial charge in [0.15, 0.2) is 0 Å². The number of aromatic nitrogens is 1. The quantitative estimate of drug-likeness (QED) is 0.663. The van der Waals surface area contributed by atoms with Crippen LogP contribution in [0.2, 0.25) is 0 Å². The van der Waals surface area contributed by atoms with E-state index in [4.69, 9.17) is 4.74 Å². The Kier molecular flexibility index (Phi) is 5.14. The third kappa shape index (κ3) is 4.68. The maximum atomic E-state index is 12.4. The van der Waals surface area contributed by atoms with Gasteiger partial charge in [-0.15, -0.1) is 24.5 Å². The summed E-state index contributed by atoms with van der Waals surface area (Å²) in [6.45, 7) is 0.343. The first-order valence-corrected chi connectivity index (χ1v) is 9.58. The standard InChI is InChI=1S/C20H15F3N2O3S/c21-20(22,23)28-15-3-1-2-12(7-15)13-4-5-17-14(6-13)8-16(27-17)9-25-19(26)18-10-24-11-29-18/h1-7,10-11,16H,8-9H2,(H,25,26). The first-order chi connectivity index (χ1) is 13.9. The van der Waals surface area contributed by atoms with Gasteiger partial charge in [-0.1, -0.05) is 18.2 Å². The van der Waals surface area contributed by atoms with Crippen LogP contribution in [-0.2, 0) is 6.42 Å². The predicted molar refractivity (Wildman–Crippen MR) is 101 cm³/mol. The van der Waals surface area contributed by atoms with Crippen molar-refractivity contribution in [2.75, 3.05) is 6.54 Å². The minimum absolute atomic E-state index is 0.200. The Morgan fingerprint density at radius 2 is 2.07 bits per heavy atom. The predicted octanol–water partition coefficient (Wildman–Crippen LogP) is 4.44. The van der Waals surface area contributed by atoms with Gasteiger partial charge in [-0.05, 0) is 41.0 Å². The van der Waals surface area contributed by atoms with E-state index in [2.05, 4.69) is 15.0 Å². The van der Waals surface area contributed by atoms with Crippen molar-refractivity contribution in [1.29, 1.82) is 0 Å². The first kappa shape index (κ1) is 19.3. The molecule has 1 N–H and O–H groups in total. The molecule has 0 saturated carbocycles. The molecular weight excluding hydrogens is 405 g/mol. The zero-order valence-electron chi connectivity index (χ0n) is 14.9. The second kappa shape index (κ2) is 7.75. The summed E-state index contributed by atoms with van der Waals surface area (Å²) in [6.07, 6.45) is -2.85. The number of thiazole rings is 1. The highest BCUT2D eigenvalue weighted by Crippen LogP contribution is 2.34. The summed E-state index contributed by atoms with van der Waals surface area (Å²) in [4.78, 5) is 16.4. The number of benzene rings is 2. The van der Waals surface area contributed by atoms with Gasteiger partial charge in [-0.3, -0.25) is 9.78 Å². The maximum Gasteiger partial charge on any atom is 0.573 e. The summed E-state index contributed by atoms with van der Waals surface area (Å²) in [5, 5.41) is 2.82. The number of hydrogen-bond acceptors (Lipinski definition) is 5. The van der Waals surface area contributed by atoms with Gasteiger partial charge in [0.05, 0.1) is 18.3 Å². The molecule has 2 heterocycles. The molecule has 29 heavy (non-hydrogen) atoms. The number of ether oxygens (including phenoxy) is 2. The normalized spacial score (nSPS) is 15.5. The van der Waals surface area contributed by atoms with Crippen molar-refractivity contribution >= 4 is 17.2 Å². The van der Waals surface area contributed by atoms with Crippen LogP contribution >= 0.6 is 11.3 Å². The van der Waals surface area contributed by atoms with Crippen molar-refractivity contribution in [3.05, 3.63) is 64.6 Å². The summed E-state index contributed by atoms with van der Waals surface area (Å²) in [5.41, 5.74) is 3.89. The average molecular weight is 420 g/mol. The number of rotatable bonds is 5. The van der Waals surface area contributed by atoms with Gasteiger partial charge in [0.2, 0.25) is 0 Å². The van der Waals surface area contributed by atoms with Crippen LogP contribution in [0, 0.1) is 0 Å². The highest BCUT2D eigenvalue weighted by Gasteiger charge is 2.31. The summed E-state index contributed by atoms with van der Waals surface area (Å²) in [5.74, 6) is 0.234. The number of amides is 1. The van der Waals surface area contributed by atoms with Crippen LogP contribution in [-0.4, -0.2) is 29.9 Å². The lowest BCUT2D eigenvalue weighted by Crippen LogP contribution is -2.34. The van der Waals surface area contributed by atoms with Gasteiger partial charge < -0.3 is 14.8 Å². The topological polar surface area (TPSA) is 60.5 Å². The van der Waals surface area contributed by atoms with Crippen LogP contribution in [0.4, 0.5) is 13.2 Å². The Hall–Kier alpha value is -3.07. The molecule has 4 rings (SSSR count). The van der Waals surface area contributed by atoms with E-state index in [1.165, 1.54) is 35.7 Å². The zero-order valence-corrected chi connectivity index (χ0v) is 15.7. The second-order valence-electron chi connectivity index (χ2n) is 6.42. The van der Waals surface area contributed by atoms with Crippen molar-refractivity contribution in [2.45, 2.75) is 18.9 Å². The van der Waals surface area contributed by atoms with E-state index in [9.17, 15) is 18.0 Å². The molecule has 1 aliphatic heterocycles. The van der Waals surface area contributed by atoms with Crippen molar-refractivity contribution in [3.8, 4) is 22.6 Å². The fraction of sp³-hybridized carbons (Fsp3) is 0.200. The van der Waals surface area contributed by atoms with Crippen LogP contribution in [0.5, 0.6) is 11.5 Å². The lowest BCUT2D eigenvalue weighted by Gasteiger charge is -2.11. The molecule has 0 saturated heterocycles. The second-order valence-corrected chi connectivity index (χ2v) is 7.30. The number of hydrogen-bond donors (Lipinski definition) is 1. The summed E-state index contributed by atoms with van der Waals surface area (Å²) >= 11 is 1.26. The molecule has 0 aliphatic carbocycles. The largest absolute Gasteiger partial charge is 0.573 e. The molecule has 1 amide bonds. The molecule has 0 fully saturated rings. The molecule has 0 spiro atoms. The molecule has 2 aromatic carbocycles. The van der Waals surface area contributed by atoms with Gasteiger partial charge in [-0.2, -0.15) is 0 Å². The van der Waals surface area contributed by atoms with Crippen molar-refractivity contribution in [1.82, 2.24) is 10.3 Å². The molecule has 1 aromatic heterocycles. The SMILES string of the molecule is O=C(NCC1Cc2cc(-c3cccc(OC(F)(F)F)c3)ccc2O1)c1cncs1. The van der Waals surface area contributed by atoms with Crippen molar-refractivity contribution in [2.24, 2.45) is 0 Å². The Morgan fingerprint density at radius 1 is 1.24 bits per heavy atom. The van der Waals surface area contributed by atoms with E-state index in [1.807, 2.05) is 6.07 Å². The number of fused-ring (bicyclic) bond motifs is 1. The van der Waals surface area contributed by atoms with E-state index in [0.717, 1.165) is 11.1 Å². The molecule has 1 atom stereocenters. The lowest BCUT2D eigenvalue weighted by atomic mass is 10.0. The molecule has 3 aromatic rings. The Morgan fingerprint density at radius 3 is 2.83 bits per heavy atom. The zero-order chi connectivity index (χ0) is 20.4. The van der Waals surface area contributed by atoms with Gasteiger partial charge in [0, 0.05) is 6.42 Å². The van der Waals surface area contributed by atoms with Crippen LogP contribution in [0.3, 0.4) is 0 Å². The number of carbonyl (C=O) groups is 1. The Labute approximate surface area is 168 Å². The number of nitrogens with one attached hydrogen (secondary N) is 1. The molecule has 1 aliphatic rings. The van der Waals surface area contributed by atoms with Crippen LogP contribution in [0.15, 0.2) is 54.2 Å². The minimum Gasteiger partial charge on any atom is -0.488 e. The molecule has 5 nitrogen and oxygen atoms in total. The fourth-order valence-corrected chi connectivity index (χ4v) is 3.64. The smallest absolute Gasteiger partial charge is 0.488 e. The molecular formula is C20H15F3N2O3S. The van der Waals surface area contributed by atoms with Crippen LogP contribution in [0.1, 0.15) is 15.2 Å². The molecule has 9 heteroatoms. The molecule has 150 valence electrons. The number of carbonyl (C=O) groups excluding carboxylic acids is 1. The van der Waals surface area contributed by atoms with E-state index >= 15 is 0 Å².